The third-order valence-corrected chi connectivity index (χ3v) is 2.88. The highest BCUT2D eigenvalue weighted by atomic mass is 35.5. The Labute approximate surface area is 124 Å². The molecule has 0 fully saturated rings. The summed E-state index contributed by atoms with van der Waals surface area (Å²) in [6, 6.07) is 7.14. The molecule has 110 valence electrons. The molecule has 21 heavy (non-hydrogen) atoms. The van der Waals surface area contributed by atoms with Gasteiger partial charge < -0.3 is 15.4 Å². The van der Waals surface area contributed by atoms with E-state index in [1.807, 2.05) is 0 Å². The lowest BCUT2D eigenvalue weighted by Crippen LogP contribution is -2.19. The smallest absolute Gasteiger partial charge is 0.323 e. The summed E-state index contributed by atoms with van der Waals surface area (Å²) in [7, 11) is 1.48. The molecule has 2 amide bonds. The molecule has 0 atom stereocenters. The van der Waals surface area contributed by atoms with Gasteiger partial charge >= 0.3 is 6.03 Å². The van der Waals surface area contributed by atoms with Gasteiger partial charge in [0.25, 0.3) is 0 Å². The van der Waals surface area contributed by atoms with Crippen LogP contribution < -0.4 is 15.4 Å². The van der Waals surface area contributed by atoms with Gasteiger partial charge in [0.1, 0.15) is 5.75 Å². The normalized spacial score (nSPS) is 10.1. The molecular weight excluding hydrogens is 302 g/mol. The molecule has 0 spiro atoms. The summed E-state index contributed by atoms with van der Waals surface area (Å²) in [6.45, 7) is 0. The number of hydrogen-bond acceptors (Lipinski definition) is 2. The Hall–Kier alpha value is -2.34. The maximum Gasteiger partial charge on any atom is 0.323 e. The molecule has 0 aromatic heterocycles. The minimum absolute atomic E-state index is 0.131. The summed E-state index contributed by atoms with van der Waals surface area (Å²) in [5, 5.41) is 5.22. The summed E-state index contributed by atoms with van der Waals surface area (Å²) in [5.41, 5.74) is 0.562. The van der Waals surface area contributed by atoms with Gasteiger partial charge in [-0.3, -0.25) is 0 Å². The second-order valence-corrected chi connectivity index (χ2v) is 4.46. The highest BCUT2D eigenvalue weighted by molar-refractivity contribution is 6.32. The second kappa shape index (κ2) is 6.41. The van der Waals surface area contributed by atoms with E-state index < -0.39 is 17.7 Å². The number of carbonyl (C=O) groups excluding carboxylic acids is 1. The monoisotopic (exact) mass is 312 g/mol. The number of ether oxygens (including phenoxy) is 1. The van der Waals surface area contributed by atoms with Crippen molar-refractivity contribution in [3.8, 4) is 5.75 Å². The molecule has 0 aliphatic carbocycles. The van der Waals surface area contributed by atoms with Crippen molar-refractivity contribution in [1.29, 1.82) is 0 Å². The van der Waals surface area contributed by atoms with Crippen LogP contribution in [0.4, 0.5) is 25.0 Å². The predicted molar refractivity (Wildman–Crippen MR) is 77.0 cm³/mol. The first-order chi connectivity index (χ1) is 9.99. The summed E-state index contributed by atoms with van der Waals surface area (Å²) in [5.74, 6) is -1.55. The van der Waals surface area contributed by atoms with Gasteiger partial charge in [-0.2, -0.15) is 0 Å². The van der Waals surface area contributed by atoms with Gasteiger partial charge in [-0.1, -0.05) is 11.6 Å². The van der Waals surface area contributed by atoms with Crippen LogP contribution in [0.5, 0.6) is 5.75 Å². The van der Waals surface area contributed by atoms with Crippen molar-refractivity contribution in [2.45, 2.75) is 0 Å². The van der Waals surface area contributed by atoms with Gasteiger partial charge in [0.05, 0.1) is 12.1 Å². The topological polar surface area (TPSA) is 50.4 Å². The van der Waals surface area contributed by atoms with Gasteiger partial charge in [0, 0.05) is 17.4 Å². The maximum absolute atomic E-state index is 13.0. The number of nitrogens with one attached hydrogen (secondary N) is 2. The number of rotatable bonds is 3. The fraction of sp³-hybridized carbons (Fsp3) is 0.0714. The quantitative estimate of drug-likeness (QED) is 0.889. The first-order valence-corrected chi connectivity index (χ1v) is 6.24. The number of amides is 2. The Bertz CT molecular complexity index is 680. The number of carbonyl (C=O) groups is 1. The van der Waals surface area contributed by atoms with Crippen molar-refractivity contribution in [3.05, 3.63) is 53.1 Å². The molecule has 2 rings (SSSR count). The maximum atomic E-state index is 13.0. The van der Waals surface area contributed by atoms with Gasteiger partial charge in [0.2, 0.25) is 0 Å². The fourth-order valence-electron chi connectivity index (χ4n) is 1.61. The molecule has 2 aromatic carbocycles. The molecule has 2 N–H and O–H groups in total. The van der Waals surface area contributed by atoms with Crippen LogP contribution in [0.1, 0.15) is 0 Å². The van der Waals surface area contributed by atoms with E-state index in [1.165, 1.54) is 19.2 Å². The summed E-state index contributed by atoms with van der Waals surface area (Å²) < 4.78 is 30.8. The van der Waals surface area contributed by atoms with E-state index >= 15 is 0 Å². The van der Waals surface area contributed by atoms with Crippen molar-refractivity contribution >= 4 is 29.0 Å². The Kier molecular flexibility index (Phi) is 4.59. The van der Waals surface area contributed by atoms with Crippen molar-refractivity contribution in [2.24, 2.45) is 0 Å². The highest BCUT2D eigenvalue weighted by Gasteiger charge is 2.08. The highest BCUT2D eigenvalue weighted by Crippen LogP contribution is 2.27. The average Bonchev–Trinajstić information content (AvgIpc) is 2.43. The van der Waals surface area contributed by atoms with E-state index in [1.54, 1.807) is 12.1 Å². The van der Waals surface area contributed by atoms with Gasteiger partial charge in [-0.05, 0) is 30.3 Å². The van der Waals surface area contributed by atoms with Crippen molar-refractivity contribution in [1.82, 2.24) is 0 Å². The van der Waals surface area contributed by atoms with Gasteiger partial charge in [-0.25, -0.2) is 13.6 Å². The second-order valence-electron chi connectivity index (χ2n) is 4.06. The van der Waals surface area contributed by atoms with Crippen LogP contribution in [0.2, 0.25) is 5.02 Å². The Morgan fingerprint density at radius 3 is 2.24 bits per heavy atom. The molecule has 0 radical (unpaired) electrons. The predicted octanol–water partition coefficient (Wildman–Crippen LogP) is 4.27. The molecule has 0 saturated heterocycles. The number of hydrogen-bond donors (Lipinski definition) is 2. The summed E-state index contributed by atoms with van der Waals surface area (Å²) in [6.07, 6.45) is 0. The summed E-state index contributed by atoms with van der Waals surface area (Å²) >= 11 is 5.92. The number of methoxy groups -OCH3 is 1. The standard InChI is InChI=1S/C14H11ClF2N2O2/c1-21-13-5-3-8(6-10(13)15)18-14(20)19-9-2-4-11(16)12(17)7-9/h2-7H,1H3,(H2,18,19,20). The summed E-state index contributed by atoms with van der Waals surface area (Å²) in [4.78, 5) is 11.7. The van der Waals surface area contributed by atoms with Crippen molar-refractivity contribution < 1.29 is 18.3 Å². The fourth-order valence-corrected chi connectivity index (χ4v) is 1.87. The Morgan fingerprint density at radius 2 is 1.67 bits per heavy atom. The van der Waals surface area contributed by atoms with Crippen LogP contribution in [-0.2, 0) is 0 Å². The molecule has 0 aliphatic heterocycles. The zero-order valence-electron chi connectivity index (χ0n) is 10.9. The number of urea groups is 1. The van der Waals surface area contributed by atoms with Crippen LogP contribution in [-0.4, -0.2) is 13.1 Å². The van der Waals surface area contributed by atoms with E-state index in [2.05, 4.69) is 10.6 Å². The Morgan fingerprint density at radius 1 is 1.05 bits per heavy atom. The molecule has 0 aliphatic rings. The lowest BCUT2D eigenvalue weighted by Gasteiger charge is -2.09. The zero-order valence-corrected chi connectivity index (χ0v) is 11.7. The molecule has 7 heteroatoms. The largest absolute Gasteiger partial charge is 0.495 e. The number of anilines is 2. The van der Waals surface area contributed by atoms with Crippen molar-refractivity contribution in [2.75, 3.05) is 17.7 Å². The molecule has 0 bridgehead atoms. The van der Waals surface area contributed by atoms with Crippen LogP contribution in [0.3, 0.4) is 0 Å². The van der Waals surface area contributed by atoms with Gasteiger partial charge in [-0.15, -0.1) is 0 Å². The Balaban J connectivity index is 2.04. The number of halogens is 3. The van der Waals surface area contributed by atoms with Crippen LogP contribution in [0.25, 0.3) is 0 Å². The number of benzene rings is 2. The van der Waals surface area contributed by atoms with E-state index in [0.29, 0.717) is 16.5 Å². The molecule has 0 saturated carbocycles. The van der Waals surface area contributed by atoms with Crippen LogP contribution >= 0.6 is 11.6 Å². The van der Waals surface area contributed by atoms with E-state index in [4.69, 9.17) is 16.3 Å². The van der Waals surface area contributed by atoms with Gasteiger partial charge in [0.15, 0.2) is 11.6 Å². The lowest BCUT2D eigenvalue weighted by atomic mass is 10.3. The molecule has 2 aromatic rings. The molecular formula is C14H11ClF2N2O2. The van der Waals surface area contributed by atoms with E-state index in [0.717, 1.165) is 12.1 Å². The minimum atomic E-state index is -1.04. The average molecular weight is 313 g/mol. The minimum Gasteiger partial charge on any atom is -0.495 e. The third-order valence-electron chi connectivity index (χ3n) is 2.59. The van der Waals surface area contributed by atoms with Crippen molar-refractivity contribution in [3.63, 3.8) is 0 Å². The van der Waals surface area contributed by atoms with E-state index in [-0.39, 0.29) is 5.69 Å². The molecule has 4 nitrogen and oxygen atoms in total. The molecule has 0 heterocycles. The van der Waals surface area contributed by atoms with Crippen LogP contribution in [0.15, 0.2) is 36.4 Å². The van der Waals surface area contributed by atoms with Crippen LogP contribution in [0, 0.1) is 11.6 Å². The SMILES string of the molecule is COc1ccc(NC(=O)Nc2ccc(F)c(F)c2)cc1Cl. The van der Waals surface area contributed by atoms with E-state index in [9.17, 15) is 13.6 Å². The lowest BCUT2D eigenvalue weighted by molar-refractivity contribution is 0.262. The first-order valence-electron chi connectivity index (χ1n) is 5.86. The molecule has 0 unspecified atom stereocenters. The zero-order chi connectivity index (χ0) is 15.4. The first kappa shape index (κ1) is 15.1. The third kappa shape index (κ3) is 3.82.